The molecule has 1 unspecified atom stereocenters. The first-order chi connectivity index (χ1) is 11.1. The number of phenolic OH excluding ortho intramolecular Hbond substituents is 1. The zero-order chi connectivity index (χ0) is 16.2. The second-order valence-corrected chi connectivity index (χ2v) is 6.06. The number of carbonyl (C=O) groups excluding carboxylic acids is 1. The minimum atomic E-state index is 0.149. The van der Waals surface area contributed by atoms with Crippen molar-refractivity contribution >= 4 is 11.6 Å². The van der Waals surface area contributed by atoms with Gasteiger partial charge in [-0.3, -0.25) is 4.79 Å². The van der Waals surface area contributed by atoms with Gasteiger partial charge in [-0.15, -0.1) is 0 Å². The number of hydrogen-bond donors (Lipinski definition) is 1. The summed E-state index contributed by atoms with van der Waals surface area (Å²) in [6.07, 6.45) is 0.385. The minimum Gasteiger partial charge on any atom is -0.508 e. The number of rotatable bonds is 3. The lowest BCUT2D eigenvalue weighted by atomic mass is 10.1. The molecule has 23 heavy (non-hydrogen) atoms. The molecular weight excluding hydrogens is 288 g/mol. The maximum atomic E-state index is 12.6. The Labute approximate surface area is 137 Å². The van der Waals surface area contributed by atoms with E-state index in [4.69, 9.17) is 0 Å². The second kappa shape index (κ2) is 6.73. The summed E-state index contributed by atoms with van der Waals surface area (Å²) < 4.78 is 0. The first-order valence-electron chi connectivity index (χ1n) is 8.01. The van der Waals surface area contributed by atoms with E-state index in [1.54, 1.807) is 24.3 Å². The van der Waals surface area contributed by atoms with Gasteiger partial charge in [0.1, 0.15) is 5.75 Å². The van der Waals surface area contributed by atoms with Gasteiger partial charge >= 0.3 is 0 Å². The number of phenols is 1. The molecule has 1 heterocycles. The van der Waals surface area contributed by atoms with Gasteiger partial charge in [0.15, 0.2) is 0 Å². The molecule has 0 radical (unpaired) electrons. The molecule has 0 spiro atoms. The molecule has 4 heteroatoms. The van der Waals surface area contributed by atoms with Gasteiger partial charge in [-0.25, -0.2) is 0 Å². The van der Waals surface area contributed by atoms with E-state index in [0.29, 0.717) is 6.42 Å². The van der Waals surface area contributed by atoms with Crippen LogP contribution in [0.25, 0.3) is 0 Å². The number of benzene rings is 2. The summed E-state index contributed by atoms with van der Waals surface area (Å²) in [6, 6.07) is 17.4. The molecule has 0 saturated carbocycles. The number of para-hydroxylation sites is 1. The topological polar surface area (TPSA) is 43.8 Å². The molecular formula is C19H22N2O2. The predicted molar refractivity (Wildman–Crippen MR) is 91.6 cm³/mol. The van der Waals surface area contributed by atoms with Gasteiger partial charge in [-0.05, 0) is 36.8 Å². The van der Waals surface area contributed by atoms with Crippen molar-refractivity contribution in [2.45, 2.75) is 19.4 Å². The molecule has 1 amide bonds. The van der Waals surface area contributed by atoms with Crippen molar-refractivity contribution in [3.05, 3.63) is 60.2 Å². The van der Waals surface area contributed by atoms with Crippen molar-refractivity contribution in [3.63, 3.8) is 0 Å². The van der Waals surface area contributed by atoms with Crippen molar-refractivity contribution in [1.82, 2.24) is 4.90 Å². The second-order valence-electron chi connectivity index (χ2n) is 6.06. The fourth-order valence-corrected chi connectivity index (χ4v) is 3.09. The third kappa shape index (κ3) is 3.65. The van der Waals surface area contributed by atoms with Gasteiger partial charge in [0.25, 0.3) is 0 Å². The van der Waals surface area contributed by atoms with Gasteiger partial charge < -0.3 is 14.9 Å². The fraction of sp³-hybridized carbons (Fsp3) is 0.316. The molecule has 0 aromatic heterocycles. The van der Waals surface area contributed by atoms with Crippen molar-refractivity contribution in [2.24, 2.45) is 0 Å². The lowest BCUT2D eigenvalue weighted by Crippen LogP contribution is -2.54. The quantitative estimate of drug-likeness (QED) is 0.948. The van der Waals surface area contributed by atoms with Gasteiger partial charge in [-0.2, -0.15) is 0 Å². The Morgan fingerprint density at radius 1 is 1.09 bits per heavy atom. The molecule has 2 aromatic carbocycles. The monoisotopic (exact) mass is 310 g/mol. The number of amides is 1. The Morgan fingerprint density at radius 3 is 2.43 bits per heavy atom. The van der Waals surface area contributed by atoms with E-state index in [1.165, 1.54) is 5.69 Å². The molecule has 1 N–H and O–H groups in total. The van der Waals surface area contributed by atoms with Crippen LogP contribution in [-0.4, -0.2) is 41.6 Å². The van der Waals surface area contributed by atoms with Crippen LogP contribution in [0.2, 0.25) is 0 Å². The van der Waals surface area contributed by atoms with Crippen molar-refractivity contribution in [3.8, 4) is 5.75 Å². The summed E-state index contributed by atoms with van der Waals surface area (Å²) >= 11 is 0. The Bertz CT molecular complexity index is 655. The maximum absolute atomic E-state index is 12.6. The zero-order valence-corrected chi connectivity index (χ0v) is 13.4. The Hall–Kier alpha value is -2.49. The summed E-state index contributed by atoms with van der Waals surface area (Å²) in [5.41, 5.74) is 2.15. The van der Waals surface area contributed by atoms with Gasteiger partial charge in [0.2, 0.25) is 5.91 Å². The van der Waals surface area contributed by atoms with Crippen molar-refractivity contribution < 1.29 is 9.90 Å². The molecule has 4 nitrogen and oxygen atoms in total. The van der Waals surface area contributed by atoms with Crippen LogP contribution in [0.1, 0.15) is 12.5 Å². The summed E-state index contributed by atoms with van der Waals surface area (Å²) in [5.74, 6) is 0.377. The van der Waals surface area contributed by atoms with E-state index in [0.717, 1.165) is 25.2 Å². The summed E-state index contributed by atoms with van der Waals surface area (Å²) in [5, 5.41) is 9.32. The molecule has 2 aromatic rings. The third-order valence-corrected chi connectivity index (χ3v) is 4.36. The molecule has 120 valence electrons. The Kier molecular flexibility index (Phi) is 4.51. The first kappa shape index (κ1) is 15.4. The van der Waals surface area contributed by atoms with E-state index in [2.05, 4.69) is 24.0 Å². The van der Waals surface area contributed by atoms with Crippen LogP contribution in [0.4, 0.5) is 5.69 Å². The van der Waals surface area contributed by atoms with Crippen LogP contribution >= 0.6 is 0 Å². The highest BCUT2D eigenvalue weighted by Crippen LogP contribution is 2.20. The molecule has 1 saturated heterocycles. The number of nitrogens with zero attached hydrogens (tertiary/aromatic N) is 2. The van der Waals surface area contributed by atoms with Crippen LogP contribution in [0.15, 0.2) is 54.6 Å². The van der Waals surface area contributed by atoms with Crippen LogP contribution in [0, 0.1) is 0 Å². The van der Waals surface area contributed by atoms with E-state index in [1.807, 2.05) is 23.1 Å². The Balaban J connectivity index is 1.61. The molecule has 1 atom stereocenters. The molecule has 1 fully saturated rings. The molecule has 0 bridgehead atoms. The molecule has 0 aliphatic carbocycles. The van der Waals surface area contributed by atoms with E-state index >= 15 is 0 Å². The first-order valence-corrected chi connectivity index (χ1v) is 8.01. The average Bonchev–Trinajstić information content (AvgIpc) is 2.57. The SMILES string of the molecule is CC1CN(c2ccccc2)CCN1C(=O)Cc1ccc(O)cc1. The molecule has 3 rings (SSSR count). The van der Waals surface area contributed by atoms with Gasteiger partial charge in [-0.1, -0.05) is 30.3 Å². The predicted octanol–water partition coefficient (Wildman–Crippen LogP) is 2.67. The smallest absolute Gasteiger partial charge is 0.227 e. The van der Waals surface area contributed by atoms with Crippen LogP contribution < -0.4 is 4.90 Å². The lowest BCUT2D eigenvalue weighted by Gasteiger charge is -2.41. The Morgan fingerprint density at radius 2 is 1.78 bits per heavy atom. The van der Waals surface area contributed by atoms with Crippen molar-refractivity contribution in [1.29, 1.82) is 0 Å². The van der Waals surface area contributed by atoms with E-state index in [-0.39, 0.29) is 17.7 Å². The van der Waals surface area contributed by atoms with E-state index in [9.17, 15) is 9.90 Å². The average molecular weight is 310 g/mol. The molecule has 1 aliphatic rings. The number of aromatic hydroxyl groups is 1. The van der Waals surface area contributed by atoms with Crippen LogP contribution in [-0.2, 0) is 11.2 Å². The van der Waals surface area contributed by atoms with Crippen LogP contribution in [0.3, 0.4) is 0 Å². The number of hydrogen-bond acceptors (Lipinski definition) is 3. The fourth-order valence-electron chi connectivity index (χ4n) is 3.09. The zero-order valence-electron chi connectivity index (χ0n) is 13.4. The number of piperazine rings is 1. The van der Waals surface area contributed by atoms with Crippen LogP contribution in [0.5, 0.6) is 5.75 Å². The normalized spacial score (nSPS) is 18.0. The highest BCUT2D eigenvalue weighted by molar-refractivity contribution is 5.79. The number of carbonyl (C=O) groups is 1. The third-order valence-electron chi connectivity index (χ3n) is 4.36. The van der Waals surface area contributed by atoms with E-state index < -0.39 is 0 Å². The molecule has 1 aliphatic heterocycles. The van der Waals surface area contributed by atoms with Crippen molar-refractivity contribution in [2.75, 3.05) is 24.5 Å². The summed E-state index contributed by atoms with van der Waals surface area (Å²) in [6.45, 7) is 4.55. The van der Waals surface area contributed by atoms with Gasteiger partial charge in [0, 0.05) is 31.4 Å². The minimum absolute atomic E-state index is 0.149. The highest BCUT2D eigenvalue weighted by Gasteiger charge is 2.27. The summed E-state index contributed by atoms with van der Waals surface area (Å²) in [4.78, 5) is 16.8. The maximum Gasteiger partial charge on any atom is 0.227 e. The largest absolute Gasteiger partial charge is 0.508 e. The standard InChI is InChI=1S/C19H22N2O2/c1-15-14-20(17-5-3-2-4-6-17)11-12-21(15)19(23)13-16-7-9-18(22)10-8-16/h2-10,15,22H,11-14H2,1H3. The van der Waals surface area contributed by atoms with Gasteiger partial charge in [0.05, 0.1) is 6.42 Å². The summed E-state index contributed by atoms with van der Waals surface area (Å²) in [7, 11) is 0. The lowest BCUT2D eigenvalue weighted by molar-refractivity contribution is -0.132. The highest BCUT2D eigenvalue weighted by atomic mass is 16.3. The number of anilines is 1.